The van der Waals surface area contributed by atoms with Crippen LogP contribution in [0, 0.1) is 0 Å². The summed E-state index contributed by atoms with van der Waals surface area (Å²) in [7, 11) is -3.82. The van der Waals surface area contributed by atoms with Gasteiger partial charge < -0.3 is 4.90 Å². The van der Waals surface area contributed by atoms with Crippen molar-refractivity contribution in [2.24, 2.45) is 5.14 Å². The standard InChI is InChI=1S/C13H16N2O3S/c1-3-8-15(9-4-2)13(16)11-6-5-7-12(10-11)19(14,17)18/h3-7,10H,1-2,8-9H2,(H2,14,17,18). The van der Waals surface area contributed by atoms with Gasteiger partial charge in [-0.2, -0.15) is 0 Å². The quantitative estimate of drug-likeness (QED) is 0.794. The van der Waals surface area contributed by atoms with Crippen LogP contribution >= 0.6 is 0 Å². The van der Waals surface area contributed by atoms with E-state index in [1.807, 2.05) is 0 Å². The number of amides is 1. The Morgan fingerprint density at radius 2 is 1.84 bits per heavy atom. The van der Waals surface area contributed by atoms with Crippen LogP contribution in [0.15, 0.2) is 54.5 Å². The molecule has 0 aromatic heterocycles. The fourth-order valence-corrected chi connectivity index (χ4v) is 2.10. The first-order valence-corrected chi connectivity index (χ1v) is 7.08. The van der Waals surface area contributed by atoms with E-state index in [9.17, 15) is 13.2 Å². The highest BCUT2D eigenvalue weighted by atomic mass is 32.2. The molecule has 2 N–H and O–H groups in total. The molecule has 0 aliphatic heterocycles. The number of nitrogens with two attached hydrogens (primary N) is 1. The number of carbonyl (C=O) groups is 1. The Labute approximate surface area is 113 Å². The molecule has 1 amide bonds. The summed E-state index contributed by atoms with van der Waals surface area (Å²) in [6, 6.07) is 5.62. The van der Waals surface area contributed by atoms with Gasteiger partial charge in [-0.25, -0.2) is 13.6 Å². The van der Waals surface area contributed by atoms with Gasteiger partial charge in [-0.05, 0) is 18.2 Å². The number of hydrogen-bond acceptors (Lipinski definition) is 3. The van der Waals surface area contributed by atoms with Crippen LogP contribution < -0.4 is 5.14 Å². The second-order valence-electron chi connectivity index (χ2n) is 3.86. The molecule has 6 heteroatoms. The molecule has 0 saturated carbocycles. The summed E-state index contributed by atoms with van der Waals surface area (Å²) in [4.78, 5) is 13.6. The molecule has 1 aromatic carbocycles. The number of hydrogen-bond donors (Lipinski definition) is 1. The molecule has 1 aromatic rings. The third-order valence-corrected chi connectivity index (χ3v) is 3.31. The lowest BCUT2D eigenvalue weighted by molar-refractivity contribution is 0.0790. The van der Waals surface area contributed by atoms with Gasteiger partial charge in [0.2, 0.25) is 10.0 Å². The highest BCUT2D eigenvalue weighted by Crippen LogP contribution is 2.12. The molecule has 102 valence electrons. The van der Waals surface area contributed by atoms with Crippen LogP contribution in [-0.2, 0) is 10.0 Å². The maximum atomic E-state index is 12.2. The Kier molecular flexibility index (Phi) is 5.02. The molecular weight excluding hydrogens is 264 g/mol. The van der Waals surface area contributed by atoms with Crippen LogP contribution in [0.5, 0.6) is 0 Å². The van der Waals surface area contributed by atoms with Crippen LogP contribution in [0.1, 0.15) is 10.4 Å². The van der Waals surface area contributed by atoms with Crippen molar-refractivity contribution in [3.05, 3.63) is 55.1 Å². The Morgan fingerprint density at radius 3 is 2.32 bits per heavy atom. The third-order valence-electron chi connectivity index (χ3n) is 2.40. The predicted molar refractivity (Wildman–Crippen MR) is 74.1 cm³/mol. The zero-order chi connectivity index (χ0) is 14.5. The van der Waals surface area contributed by atoms with Crippen LogP contribution in [0.25, 0.3) is 0 Å². The van der Waals surface area contributed by atoms with Crippen molar-refractivity contribution in [1.29, 1.82) is 0 Å². The van der Waals surface area contributed by atoms with Crippen LogP contribution in [-0.4, -0.2) is 32.3 Å². The largest absolute Gasteiger partial charge is 0.331 e. The highest BCUT2D eigenvalue weighted by molar-refractivity contribution is 7.89. The van der Waals surface area contributed by atoms with Gasteiger partial charge >= 0.3 is 0 Å². The molecule has 0 fully saturated rings. The lowest BCUT2D eigenvalue weighted by Crippen LogP contribution is -2.31. The smallest absolute Gasteiger partial charge is 0.254 e. The van der Waals surface area contributed by atoms with Gasteiger partial charge in [-0.1, -0.05) is 18.2 Å². The first-order chi connectivity index (χ1) is 8.90. The van der Waals surface area contributed by atoms with E-state index in [1.165, 1.54) is 29.2 Å². The average molecular weight is 280 g/mol. The minimum atomic E-state index is -3.82. The van der Waals surface area contributed by atoms with Crippen molar-refractivity contribution in [3.8, 4) is 0 Å². The maximum Gasteiger partial charge on any atom is 0.254 e. The number of nitrogens with zero attached hydrogens (tertiary/aromatic N) is 1. The van der Waals surface area contributed by atoms with Gasteiger partial charge in [0.25, 0.3) is 5.91 Å². The first-order valence-electron chi connectivity index (χ1n) is 5.54. The zero-order valence-corrected chi connectivity index (χ0v) is 11.3. The SMILES string of the molecule is C=CCN(CC=C)C(=O)c1cccc(S(N)(=O)=O)c1. The Bertz CT molecular complexity index is 584. The maximum absolute atomic E-state index is 12.2. The molecule has 0 aliphatic rings. The lowest BCUT2D eigenvalue weighted by Gasteiger charge is -2.19. The van der Waals surface area contributed by atoms with Crippen LogP contribution in [0.2, 0.25) is 0 Å². The fraction of sp³-hybridized carbons (Fsp3) is 0.154. The molecule has 0 aliphatic carbocycles. The molecule has 0 unspecified atom stereocenters. The Hall–Kier alpha value is -1.92. The van der Waals surface area contributed by atoms with Crippen molar-refractivity contribution in [2.75, 3.05) is 13.1 Å². The average Bonchev–Trinajstić information content (AvgIpc) is 2.37. The van der Waals surface area contributed by atoms with Crippen molar-refractivity contribution >= 4 is 15.9 Å². The molecule has 1 rings (SSSR count). The topological polar surface area (TPSA) is 80.5 Å². The molecule has 5 nitrogen and oxygen atoms in total. The summed E-state index contributed by atoms with van der Waals surface area (Å²) in [6.45, 7) is 7.85. The number of carbonyl (C=O) groups excluding carboxylic acids is 1. The van der Waals surface area contributed by atoms with E-state index < -0.39 is 10.0 Å². The van der Waals surface area contributed by atoms with Crippen molar-refractivity contribution in [2.45, 2.75) is 4.90 Å². The summed E-state index contributed by atoms with van der Waals surface area (Å²) in [5.41, 5.74) is 0.259. The summed E-state index contributed by atoms with van der Waals surface area (Å²) in [6.07, 6.45) is 3.18. The van der Waals surface area contributed by atoms with E-state index in [2.05, 4.69) is 13.2 Å². The van der Waals surface area contributed by atoms with Gasteiger partial charge in [0, 0.05) is 18.7 Å². The number of rotatable bonds is 6. The van der Waals surface area contributed by atoms with E-state index in [1.54, 1.807) is 12.2 Å². The third kappa shape index (κ3) is 4.04. The second kappa shape index (κ2) is 6.31. The molecular formula is C13H16N2O3S. The summed E-state index contributed by atoms with van der Waals surface area (Å²) >= 11 is 0. The van der Waals surface area contributed by atoms with E-state index in [-0.39, 0.29) is 16.4 Å². The minimum Gasteiger partial charge on any atom is -0.331 e. The van der Waals surface area contributed by atoms with Crippen molar-refractivity contribution in [3.63, 3.8) is 0 Å². The molecule has 19 heavy (non-hydrogen) atoms. The monoisotopic (exact) mass is 280 g/mol. The van der Waals surface area contributed by atoms with Gasteiger partial charge in [0.05, 0.1) is 4.90 Å². The zero-order valence-electron chi connectivity index (χ0n) is 10.5. The van der Waals surface area contributed by atoms with Crippen molar-refractivity contribution in [1.82, 2.24) is 4.90 Å². The highest BCUT2D eigenvalue weighted by Gasteiger charge is 2.16. The minimum absolute atomic E-state index is 0.0875. The van der Waals surface area contributed by atoms with Gasteiger partial charge in [0.1, 0.15) is 0 Å². The number of primary sulfonamides is 1. The molecule has 0 saturated heterocycles. The van der Waals surface area contributed by atoms with E-state index >= 15 is 0 Å². The first kappa shape index (κ1) is 15.1. The van der Waals surface area contributed by atoms with Gasteiger partial charge in [0.15, 0.2) is 0 Å². The van der Waals surface area contributed by atoms with Crippen LogP contribution in [0.3, 0.4) is 0 Å². The normalized spacial score (nSPS) is 10.8. The Morgan fingerprint density at radius 1 is 1.26 bits per heavy atom. The predicted octanol–water partition coefficient (Wildman–Crippen LogP) is 1.15. The molecule has 0 bridgehead atoms. The molecule has 0 atom stereocenters. The van der Waals surface area contributed by atoms with E-state index in [0.717, 1.165) is 0 Å². The molecule has 0 heterocycles. The fourth-order valence-electron chi connectivity index (χ4n) is 1.54. The summed E-state index contributed by atoms with van der Waals surface area (Å²) in [5, 5.41) is 5.03. The summed E-state index contributed by atoms with van der Waals surface area (Å²) in [5.74, 6) is -0.301. The summed E-state index contributed by atoms with van der Waals surface area (Å²) < 4.78 is 22.5. The lowest BCUT2D eigenvalue weighted by atomic mass is 10.2. The number of sulfonamides is 1. The number of benzene rings is 1. The van der Waals surface area contributed by atoms with Gasteiger partial charge in [-0.3, -0.25) is 4.79 Å². The van der Waals surface area contributed by atoms with Crippen molar-refractivity contribution < 1.29 is 13.2 Å². The second-order valence-corrected chi connectivity index (χ2v) is 5.42. The van der Waals surface area contributed by atoms with E-state index in [4.69, 9.17) is 5.14 Å². The Balaban J connectivity index is 3.11. The van der Waals surface area contributed by atoms with Gasteiger partial charge in [-0.15, -0.1) is 13.2 Å². The van der Waals surface area contributed by atoms with Crippen LogP contribution in [0.4, 0.5) is 0 Å². The molecule has 0 spiro atoms. The van der Waals surface area contributed by atoms with E-state index in [0.29, 0.717) is 13.1 Å². The molecule has 0 radical (unpaired) electrons.